The maximum atomic E-state index is 6.02. The molecule has 2 N–H and O–H groups in total. The molecule has 120 valence electrons. The van der Waals surface area contributed by atoms with Crippen LogP contribution in [0, 0.1) is 6.92 Å². The van der Waals surface area contributed by atoms with Crippen LogP contribution in [0.3, 0.4) is 0 Å². The Balaban J connectivity index is 2.16. The summed E-state index contributed by atoms with van der Waals surface area (Å²) in [4.78, 5) is 4.96. The van der Waals surface area contributed by atoms with Crippen molar-refractivity contribution in [2.75, 3.05) is 31.6 Å². The van der Waals surface area contributed by atoms with Crippen molar-refractivity contribution in [3.8, 4) is 0 Å². The van der Waals surface area contributed by atoms with Crippen molar-refractivity contribution in [2.45, 2.75) is 52.1 Å². The molecule has 1 saturated heterocycles. The predicted molar refractivity (Wildman–Crippen MR) is 88.8 cm³/mol. The van der Waals surface area contributed by atoms with Crippen molar-refractivity contribution in [2.24, 2.45) is 12.8 Å². The lowest BCUT2D eigenvalue weighted by Crippen LogP contribution is -2.39. The van der Waals surface area contributed by atoms with E-state index in [2.05, 4.69) is 42.7 Å². The lowest BCUT2D eigenvalue weighted by Gasteiger charge is -2.29. The number of aromatic nitrogens is 2. The van der Waals surface area contributed by atoms with E-state index in [0.29, 0.717) is 6.04 Å². The van der Waals surface area contributed by atoms with Crippen molar-refractivity contribution < 1.29 is 0 Å². The molecule has 5 nitrogen and oxygen atoms in total. The van der Waals surface area contributed by atoms with E-state index >= 15 is 0 Å². The average molecular weight is 293 g/mol. The SMILES string of the molecule is CCN1CCCC1CN(C)c1c(CC(C)N)c(C)nn1C. The van der Waals surface area contributed by atoms with E-state index in [0.717, 1.165) is 25.2 Å². The standard InChI is InChI=1S/C16H31N5/c1-6-21-9-7-8-14(21)11-19(4)16-15(10-12(2)17)13(3)18-20(16)5/h12,14H,6-11,17H2,1-5H3. The van der Waals surface area contributed by atoms with Crippen LogP contribution in [0.1, 0.15) is 37.9 Å². The molecule has 0 aromatic carbocycles. The van der Waals surface area contributed by atoms with E-state index < -0.39 is 0 Å². The van der Waals surface area contributed by atoms with Gasteiger partial charge in [-0.25, -0.2) is 0 Å². The van der Waals surface area contributed by atoms with Gasteiger partial charge >= 0.3 is 0 Å². The van der Waals surface area contributed by atoms with Gasteiger partial charge in [-0.3, -0.25) is 9.58 Å². The molecule has 0 amide bonds. The first-order valence-corrected chi connectivity index (χ1v) is 8.17. The van der Waals surface area contributed by atoms with Gasteiger partial charge in [-0.2, -0.15) is 5.10 Å². The number of likely N-dealkylation sites (tertiary alicyclic amines) is 1. The molecule has 0 saturated carbocycles. The van der Waals surface area contributed by atoms with Crippen molar-refractivity contribution in [3.05, 3.63) is 11.3 Å². The molecule has 2 rings (SSSR count). The molecule has 2 atom stereocenters. The molecule has 0 spiro atoms. The Morgan fingerprint density at radius 2 is 2.19 bits per heavy atom. The lowest BCUT2D eigenvalue weighted by atomic mass is 10.1. The summed E-state index contributed by atoms with van der Waals surface area (Å²) in [5.74, 6) is 1.23. The second kappa shape index (κ2) is 6.79. The first-order valence-electron chi connectivity index (χ1n) is 8.17. The number of nitrogens with two attached hydrogens (primary N) is 1. The quantitative estimate of drug-likeness (QED) is 0.864. The molecule has 0 radical (unpaired) electrons. The molecule has 2 heterocycles. The molecule has 21 heavy (non-hydrogen) atoms. The van der Waals surface area contributed by atoms with Crippen molar-refractivity contribution in [1.29, 1.82) is 0 Å². The number of nitrogens with zero attached hydrogens (tertiary/aromatic N) is 4. The van der Waals surface area contributed by atoms with Gasteiger partial charge in [-0.15, -0.1) is 0 Å². The summed E-state index contributed by atoms with van der Waals surface area (Å²) < 4.78 is 2.01. The highest BCUT2D eigenvalue weighted by Gasteiger charge is 2.26. The van der Waals surface area contributed by atoms with Crippen LogP contribution in [0.2, 0.25) is 0 Å². The predicted octanol–water partition coefficient (Wildman–Crippen LogP) is 1.54. The number of aryl methyl sites for hydroxylation is 2. The second-order valence-corrected chi connectivity index (χ2v) is 6.50. The summed E-state index contributed by atoms with van der Waals surface area (Å²) in [5, 5.41) is 4.60. The topological polar surface area (TPSA) is 50.3 Å². The van der Waals surface area contributed by atoms with Crippen LogP contribution in [0.5, 0.6) is 0 Å². The van der Waals surface area contributed by atoms with Gasteiger partial charge in [-0.1, -0.05) is 6.92 Å². The van der Waals surface area contributed by atoms with Crippen LogP contribution in [-0.4, -0.2) is 53.4 Å². The Labute approximate surface area is 129 Å². The van der Waals surface area contributed by atoms with Gasteiger partial charge in [0.1, 0.15) is 5.82 Å². The third-order valence-corrected chi connectivity index (χ3v) is 4.59. The van der Waals surface area contributed by atoms with E-state index in [1.54, 1.807) is 0 Å². The number of hydrogen-bond donors (Lipinski definition) is 1. The normalized spacial score (nSPS) is 21.0. The van der Waals surface area contributed by atoms with Gasteiger partial charge in [0, 0.05) is 38.3 Å². The Kier molecular flexibility index (Phi) is 5.27. The van der Waals surface area contributed by atoms with E-state index in [4.69, 9.17) is 5.73 Å². The number of anilines is 1. The largest absolute Gasteiger partial charge is 0.358 e. The first-order chi connectivity index (χ1) is 9.93. The third-order valence-electron chi connectivity index (χ3n) is 4.59. The maximum Gasteiger partial charge on any atom is 0.129 e. The van der Waals surface area contributed by atoms with E-state index in [1.165, 1.54) is 30.8 Å². The fourth-order valence-electron chi connectivity index (χ4n) is 3.65. The lowest BCUT2D eigenvalue weighted by molar-refractivity contribution is 0.270. The van der Waals surface area contributed by atoms with Gasteiger partial charge < -0.3 is 10.6 Å². The third kappa shape index (κ3) is 3.58. The minimum absolute atomic E-state index is 0.165. The molecular formula is C16H31N5. The fraction of sp³-hybridized carbons (Fsp3) is 0.812. The zero-order valence-electron chi connectivity index (χ0n) is 14.3. The van der Waals surface area contributed by atoms with Crippen molar-refractivity contribution >= 4 is 5.82 Å². The molecule has 1 aliphatic rings. The number of rotatable bonds is 6. The summed E-state index contributed by atoms with van der Waals surface area (Å²) >= 11 is 0. The summed E-state index contributed by atoms with van der Waals surface area (Å²) in [5.41, 5.74) is 8.42. The van der Waals surface area contributed by atoms with Crippen LogP contribution >= 0.6 is 0 Å². The second-order valence-electron chi connectivity index (χ2n) is 6.50. The van der Waals surface area contributed by atoms with Crippen molar-refractivity contribution in [3.63, 3.8) is 0 Å². The number of likely N-dealkylation sites (N-methyl/N-ethyl adjacent to an activating group) is 2. The van der Waals surface area contributed by atoms with Crippen LogP contribution in [0.25, 0.3) is 0 Å². The van der Waals surface area contributed by atoms with E-state index in [-0.39, 0.29) is 6.04 Å². The highest BCUT2D eigenvalue weighted by Crippen LogP contribution is 2.26. The molecule has 1 aromatic rings. The average Bonchev–Trinajstić information content (AvgIpc) is 2.94. The minimum Gasteiger partial charge on any atom is -0.358 e. The molecule has 5 heteroatoms. The van der Waals surface area contributed by atoms with Gasteiger partial charge in [0.2, 0.25) is 0 Å². The highest BCUT2D eigenvalue weighted by molar-refractivity contribution is 5.50. The minimum atomic E-state index is 0.165. The Hall–Kier alpha value is -1.07. The molecule has 1 aromatic heterocycles. The highest BCUT2D eigenvalue weighted by atomic mass is 15.4. The molecular weight excluding hydrogens is 262 g/mol. The van der Waals surface area contributed by atoms with Gasteiger partial charge in [0.25, 0.3) is 0 Å². The smallest absolute Gasteiger partial charge is 0.129 e. The van der Waals surface area contributed by atoms with Gasteiger partial charge in [-0.05, 0) is 46.2 Å². The number of hydrogen-bond acceptors (Lipinski definition) is 4. The maximum absolute atomic E-state index is 6.02. The first kappa shape index (κ1) is 16.3. The van der Waals surface area contributed by atoms with Gasteiger partial charge in [0.15, 0.2) is 0 Å². The molecule has 1 aliphatic heterocycles. The molecule has 0 aliphatic carbocycles. The fourth-order valence-corrected chi connectivity index (χ4v) is 3.65. The monoisotopic (exact) mass is 293 g/mol. The summed E-state index contributed by atoms with van der Waals surface area (Å²) in [7, 11) is 4.23. The Morgan fingerprint density at radius 3 is 2.81 bits per heavy atom. The van der Waals surface area contributed by atoms with Crippen molar-refractivity contribution in [1.82, 2.24) is 14.7 Å². The molecule has 0 bridgehead atoms. The summed E-state index contributed by atoms with van der Waals surface area (Å²) in [6.07, 6.45) is 3.52. The Bertz CT molecular complexity index is 465. The van der Waals surface area contributed by atoms with Crippen LogP contribution in [-0.2, 0) is 13.5 Å². The van der Waals surface area contributed by atoms with E-state index in [1.807, 2.05) is 11.7 Å². The van der Waals surface area contributed by atoms with Crippen LogP contribution in [0.4, 0.5) is 5.82 Å². The summed E-state index contributed by atoms with van der Waals surface area (Å²) in [6, 6.07) is 0.831. The Morgan fingerprint density at radius 1 is 1.48 bits per heavy atom. The molecule has 2 unspecified atom stereocenters. The summed E-state index contributed by atoms with van der Waals surface area (Å²) in [6.45, 7) is 9.86. The zero-order chi connectivity index (χ0) is 15.6. The van der Waals surface area contributed by atoms with Crippen LogP contribution in [0.15, 0.2) is 0 Å². The molecule has 1 fully saturated rings. The van der Waals surface area contributed by atoms with Gasteiger partial charge in [0.05, 0.1) is 5.69 Å². The van der Waals surface area contributed by atoms with E-state index in [9.17, 15) is 0 Å². The zero-order valence-corrected chi connectivity index (χ0v) is 14.3. The van der Waals surface area contributed by atoms with Crippen LogP contribution < -0.4 is 10.6 Å².